The van der Waals surface area contributed by atoms with Crippen LogP contribution in [0.1, 0.15) is 44.6 Å². The summed E-state index contributed by atoms with van der Waals surface area (Å²) in [5.74, 6) is -1.74. The fourth-order valence-corrected chi connectivity index (χ4v) is 3.77. The molecule has 0 radical (unpaired) electrons. The molecule has 0 spiro atoms. The number of aromatic nitrogens is 3. The minimum Gasteiger partial charge on any atom is -0.485 e. The molecule has 3 rings (SSSR count). The van der Waals surface area contributed by atoms with E-state index in [0.717, 1.165) is 6.20 Å². The van der Waals surface area contributed by atoms with Crippen LogP contribution >= 0.6 is 11.6 Å². The lowest BCUT2D eigenvalue weighted by Gasteiger charge is -2.18. The molecule has 0 bridgehead atoms. The second-order valence-electron chi connectivity index (χ2n) is 9.66. The number of aliphatic hydroxyl groups excluding tert-OH is 1. The molecule has 0 aliphatic rings. The summed E-state index contributed by atoms with van der Waals surface area (Å²) in [5.41, 5.74) is -1.15. The van der Waals surface area contributed by atoms with Crippen molar-refractivity contribution in [2.24, 2.45) is 0 Å². The van der Waals surface area contributed by atoms with Crippen LogP contribution < -0.4 is 15.9 Å². The summed E-state index contributed by atoms with van der Waals surface area (Å²) in [5, 5.41) is 20.0. The molecule has 11 heteroatoms. The Morgan fingerprint density at radius 2 is 1.93 bits per heavy atom. The fraction of sp³-hybridized carbons (Fsp3) is 0.276. The topological polar surface area (TPSA) is 107 Å². The first kappa shape index (κ1) is 30.7. The smallest absolute Gasteiger partial charge is 0.277 e. The van der Waals surface area contributed by atoms with E-state index in [2.05, 4.69) is 4.98 Å². The van der Waals surface area contributed by atoms with Crippen molar-refractivity contribution >= 4 is 23.5 Å². The van der Waals surface area contributed by atoms with Gasteiger partial charge in [-0.1, -0.05) is 17.7 Å². The van der Waals surface area contributed by atoms with Crippen LogP contribution in [-0.4, -0.2) is 30.4 Å². The first-order valence-corrected chi connectivity index (χ1v) is 12.6. The lowest BCUT2D eigenvalue weighted by Crippen LogP contribution is -2.31. The van der Waals surface area contributed by atoms with Gasteiger partial charge in [0.2, 0.25) is 0 Å². The zero-order valence-electron chi connectivity index (χ0n) is 22.7. The Labute approximate surface area is 234 Å². The van der Waals surface area contributed by atoms with E-state index in [1.165, 1.54) is 53.6 Å². The molecule has 0 saturated carbocycles. The van der Waals surface area contributed by atoms with Gasteiger partial charge in [0.25, 0.3) is 11.1 Å². The van der Waals surface area contributed by atoms with Gasteiger partial charge < -0.3 is 14.9 Å². The molecule has 2 N–H and O–H groups in total. The van der Waals surface area contributed by atoms with E-state index in [0.29, 0.717) is 23.0 Å². The highest BCUT2D eigenvalue weighted by molar-refractivity contribution is 6.31. The molecule has 40 heavy (non-hydrogen) atoms. The summed E-state index contributed by atoms with van der Waals surface area (Å²) in [6.07, 6.45) is 7.79. The van der Waals surface area contributed by atoms with Gasteiger partial charge in [0.1, 0.15) is 28.9 Å². The van der Waals surface area contributed by atoms with Crippen LogP contribution in [0, 0.1) is 18.6 Å². The van der Waals surface area contributed by atoms with E-state index in [1.807, 2.05) is 0 Å². The van der Waals surface area contributed by atoms with E-state index >= 15 is 0 Å². The number of rotatable bonds is 9. The lowest BCUT2D eigenvalue weighted by molar-refractivity contribution is 0.0768. The molecule has 212 valence electrons. The van der Waals surface area contributed by atoms with Gasteiger partial charge in [-0.2, -0.15) is 0 Å². The van der Waals surface area contributed by atoms with E-state index in [4.69, 9.17) is 16.3 Å². The Kier molecular flexibility index (Phi) is 9.62. The van der Waals surface area contributed by atoms with Gasteiger partial charge in [0.05, 0.1) is 23.6 Å². The average Bonchev–Trinajstić information content (AvgIpc) is 2.87. The molecule has 0 fully saturated rings. The van der Waals surface area contributed by atoms with Crippen molar-refractivity contribution < 1.29 is 23.7 Å². The summed E-state index contributed by atoms with van der Waals surface area (Å²) in [4.78, 5) is 29.9. The third kappa shape index (κ3) is 7.20. The summed E-state index contributed by atoms with van der Waals surface area (Å²) < 4.78 is 35.1. The first-order chi connectivity index (χ1) is 18.7. The minimum absolute atomic E-state index is 0.0142. The van der Waals surface area contributed by atoms with Gasteiger partial charge in [0.15, 0.2) is 5.82 Å². The van der Waals surface area contributed by atoms with Crippen molar-refractivity contribution in [3.63, 3.8) is 0 Å². The summed E-state index contributed by atoms with van der Waals surface area (Å²) in [6.45, 7) is 7.56. The SMILES string of the molecule is C/C(=C/C=C(\C=C\n1c(C)cc(OCc2ncc(F)cc2F)c(Cl)c1=O)n1cccc(C(C)(C)O)c1=O)[C@H](C)O. The van der Waals surface area contributed by atoms with Crippen molar-refractivity contribution in [1.29, 1.82) is 0 Å². The van der Waals surface area contributed by atoms with Crippen LogP contribution in [-0.2, 0) is 12.2 Å². The van der Waals surface area contributed by atoms with Gasteiger partial charge in [-0.15, -0.1) is 0 Å². The van der Waals surface area contributed by atoms with E-state index in [-0.39, 0.29) is 28.6 Å². The number of ether oxygens (including phenoxy) is 1. The molecule has 0 saturated heterocycles. The Balaban J connectivity index is 2.03. The number of nitrogens with zero attached hydrogens (tertiary/aromatic N) is 3. The normalized spacial score (nSPS) is 13.7. The number of allylic oxidation sites excluding steroid dienone is 4. The molecule has 0 aliphatic carbocycles. The van der Waals surface area contributed by atoms with Crippen LogP contribution in [0.25, 0.3) is 11.9 Å². The number of halogens is 3. The van der Waals surface area contributed by atoms with Crippen LogP contribution in [0.3, 0.4) is 0 Å². The Hall–Kier alpha value is -3.86. The summed E-state index contributed by atoms with van der Waals surface area (Å²) in [6, 6.07) is 5.28. The lowest BCUT2D eigenvalue weighted by atomic mass is 10.0. The highest BCUT2D eigenvalue weighted by Gasteiger charge is 2.21. The number of aliphatic hydroxyl groups is 2. The van der Waals surface area contributed by atoms with Crippen LogP contribution in [0.15, 0.2) is 70.0 Å². The molecular formula is C29H30ClF2N3O5. The number of hydrogen-bond acceptors (Lipinski definition) is 6. The molecule has 3 heterocycles. The Morgan fingerprint density at radius 1 is 1.23 bits per heavy atom. The second kappa shape index (κ2) is 12.5. The maximum Gasteiger partial charge on any atom is 0.277 e. The van der Waals surface area contributed by atoms with Gasteiger partial charge in [0, 0.05) is 35.8 Å². The van der Waals surface area contributed by atoms with Crippen molar-refractivity contribution in [3.05, 3.63) is 115 Å². The largest absolute Gasteiger partial charge is 0.485 e. The van der Waals surface area contributed by atoms with Crippen LogP contribution in [0.5, 0.6) is 5.75 Å². The Morgan fingerprint density at radius 3 is 2.55 bits per heavy atom. The molecule has 1 atom stereocenters. The van der Waals surface area contributed by atoms with E-state index in [1.54, 1.807) is 39.0 Å². The van der Waals surface area contributed by atoms with Gasteiger partial charge in [-0.25, -0.2) is 8.78 Å². The van der Waals surface area contributed by atoms with E-state index < -0.39 is 34.5 Å². The minimum atomic E-state index is -1.40. The summed E-state index contributed by atoms with van der Waals surface area (Å²) >= 11 is 6.27. The second-order valence-corrected chi connectivity index (χ2v) is 10.0. The first-order valence-electron chi connectivity index (χ1n) is 12.2. The zero-order valence-corrected chi connectivity index (χ0v) is 23.4. The molecule has 3 aromatic rings. The number of pyridine rings is 3. The van der Waals surface area contributed by atoms with Crippen molar-refractivity contribution in [3.8, 4) is 5.75 Å². The molecule has 8 nitrogen and oxygen atoms in total. The molecule has 0 unspecified atom stereocenters. The monoisotopic (exact) mass is 573 g/mol. The third-order valence-corrected chi connectivity index (χ3v) is 6.39. The van der Waals surface area contributed by atoms with Crippen molar-refractivity contribution in [2.45, 2.75) is 52.9 Å². The van der Waals surface area contributed by atoms with Gasteiger partial charge in [-0.3, -0.25) is 23.7 Å². The van der Waals surface area contributed by atoms with Crippen LogP contribution in [0.2, 0.25) is 5.02 Å². The van der Waals surface area contributed by atoms with E-state index in [9.17, 15) is 28.6 Å². The average molecular weight is 574 g/mol. The Bertz CT molecular complexity index is 1620. The quantitative estimate of drug-likeness (QED) is 0.357. The van der Waals surface area contributed by atoms with Gasteiger partial charge >= 0.3 is 0 Å². The fourth-order valence-electron chi connectivity index (χ4n) is 3.57. The maximum atomic E-state index is 13.9. The number of aryl methyl sites for hydroxylation is 1. The van der Waals surface area contributed by atoms with Crippen molar-refractivity contribution in [2.75, 3.05) is 0 Å². The molecular weight excluding hydrogens is 544 g/mol. The number of hydrogen-bond donors (Lipinski definition) is 2. The zero-order chi connectivity index (χ0) is 29.8. The maximum absolute atomic E-state index is 13.9. The molecule has 0 amide bonds. The predicted molar refractivity (Wildman–Crippen MR) is 150 cm³/mol. The predicted octanol–water partition coefficient (Wildman–Crippen LogP) is 4.79. The van der Waals surface area contributed by atoms with Crippen molar-refractivity contribution in [1.82, 2.24) is 14.1 Å². The molecule has 3 aromatic heterocycles. The summed E-state index contributed by atoms with van der Waals surface area (Å²) in [7, 11) is 0. The standard InChI is InChI=1S/C29H30ClF2N3O5/c1-17(19(3)36)8-9-21(35-11-6-7-22(27(35)37)29(4,5)39)10-12-34-18(2)13-25(26(30)28(34)38)40-16-24-23(32)14-20(31)15-33-24/h6-15,19,36,39H,16H2,1-5H3/b12-10+,17-8-,21-9+/t19-/m0/s1. The van der Waals surface area contributed by atoms with Gasteiger partial charge in [-0.05, 0) is 64.5 Å². The highest BCUT2D eigenvalue weighted by Crippen LogP contribution is 2.24. The molecule has 0 aromatic carbocycles. The third-order valence-electron chi connectivity index (χ3n) is 6.05. The van der Waals surface area contributed by atoms with Crippen LogP contribution in [0.4, 0.5) is 8.78 Å². The molecule has 0 aliphatic heterocycles. The highest BCUT2D eigenvalue weighted by atomic mass is 35.5.